The molecule has 0 atom stereocenters. The third kappa shape index (κ3) is 6.37. The maximum Gasteiger partial charge on any atom is 0.573 e. The Kier molecular flexibility index (Phi) is 6.27. The van der Waals surface area contributed by atoms with Crippen molar-refractivity contribution in [2.75, 3.05) is 6.61 Å². The monoisotopic (exact) mass is 354 g/mol. The van der Waals surface area contributed by atoms with Gasteiger partial charge in [-0.2, -0.15) is 0 Å². The highest BCUT2D eigenvalue weighted by Gasteiger charge is 2.31. The van der Waals surface area contributed by atoms with Crippen molar-refractivity contribution in [3.8, 4) is 17.2 Å². The lowest BCUT2D eigenvalue weighted by molar-refractivity contribution is -0.274. The summed E-state index contributed by atoms with van der Waals surface area (Å²) in [5.41, 5.74) is 0.304. The Labute approximate surface area is 143 Å². The molecule has 0 heterocycles. The van der Waals surface area contributed by atoms with Crippen LogP contribution in [-0.2, 0) is 0 Å². The van der Waals surface area contributed by atoms with E-state index in [0.717, 1.165) is 25.0 Å². The molecule has 0 aliphatic rings. The zero-order valence-electron chi connectivity index (χ0n) is 13.5. The van der Waals surface area contributed by atoms with Crippen molar-refractivity contribution in [3.05, 3.63) is 54.1 Å². The molecular weight excluding hydrogens is 337 g/mol. The van der Waals surface area contributed by atoms with Crippen LogP contribution in [0.1, 0.15) is 30.1 Å². The van der Waals surface area contributed by atoms with Gasteiger partial charge < -0.3 is 14.2 Å². The maximum absolute atomic E-state index is 12.1. The van der Waals surface area contributed by atoms with E-state index in [1.165, 1.54) is 12.1 Å². The van der Waals surface area contributed by atoms with Crippen LogP contribution in [0.3, 0.4) is 0 Å². The van der Waals surface area contributed by atoms with Gasteiger partial charge in [0, 0.05) is 0 Å². The first-order chi connectivity index (χ1) is 11.9. The normalized spacial score (nSPS) is 11.0. The molecule has 7 heteroatoms. The summed E-state index contributed by atoms with van der Waals surface area (Å²) in [5.74, 6) is -0.244. The average molecular weight is 354 g/mol. The Morgan fingerprint density at radius 2 is 1.48 bits per heavy atom. The molecule has 134 valence electrons. The Morgan fingerprint density at radius 3 is 2.04 bits per heavy atom. The molecule has 25 heavy (non-hydrogen) atoms. The van der Waals surface area contributed by atoms with E-state index in [2.05, 4.69) is 11.7 Å². The van der Waals surface area contributed by atoms with Gasteiger partial charge in [0.25, 0.3) is 0 Å². The molecule has 0 aliphatic carbocycles. The molecule has 0 fully saturated rings. The van der Waals surface area contributed by atoms with Crippen molar-refractivity contribution in [3.63, 3.8) is 0 Å². The number of unbranched alkanes of at least 4 members (excludes halogenated alkanes) is 1. The summed E-state index contributed by atoms with van der Waals surface area (Å²) in [5, 5.41) is 0. The summed E-state index contributed by atoms with van der Waals surface area (Å²) < 4.78 is 50.6. The minimum Gasteiger partial charge on any atom is -0.494 e. The van der Waals surface area contributed by atoms with Crippen LogP contribution in [0.4, 0.5) is 13.2 Å². The average Bonchev–Trinajstić information content (AvgIpc) is 2.56. The molecule has 0 radical (unpaired) electrons. The number of rotatable bonds is 7. The van der Waals surface area contributed by atoms with Gasteiger partial charge in [-0.05, 0) is 55.0 Å². The Hall–Kier alpha value is -2.70. The minimum absolute atomic E-state index is 0.114. The van der Waals surface area contributed by atoms with E-state index in [1.54, 1.807) is 24.3 Å². The molecule has 0 unspecified atom stereocenters. The van der Waals surface area contributed by atoms with Crippen LogP contribution in [-0.4, -0.2) is 18.9 Å². The number of halogens is 3. The summed E-state index contributed by atoms with van der Waals surface area (Å²) in [7, 11) is 0. The van der Waals surface area contributed by atoms with E-state index in [1.807, 2.05) is 0 Å². The fourth-order valence-electron chi connectivity index (χ4n) is 1.90. The van der Waals surface area contributed by atoms with Crippen LogP contribution in [0.25, 0.3) is 0 Å². The molecule has 0 saturated carbocycles. The summed E-state index contributed by atoms with van der Waals surface area (Å²) in [6.45, 7) is 2.66. The van der Waals surface area contributed by atoms with Gasteiger partial charge in [-0.3, -0.25) is 0 Å². The van der Waals surface area contributed by atoms with Gasteiger partial charge in [-0.15, -0.1) is 13.2 Å². The van der Waals surface area contributed by atoms with E-state index < -0.39 is 12.3 Å². The highest BCUT2D eigenvalue weighted by atomic mass is 19.4. The molecule has 2 rings (SSSR count). The molecule has 0 bridgehead atoms. The smallest absolute Gasteiger partial charge is 0.494 e. The van der Waals surface area contributed by atoms with Crippen LogP contribution in [0.15, 0.2) is 48.5 Å². The van der Waals surface area contributed by atoms with Crippen LogP contribution in [0.2, 0.25) is 0 Å². The Balaban J connectivity index is 1.92. The zero-order chi connectivity index (χ0) is 18.3. The van der Waals surface area contributed by atoms with E-state index in [-0.39, 0.29) is 11.5 Å². The first-order valence-corrected chi connectivity index (χ1v) is 7.68. The summed E-state index contributed by atoms with van der Waals surface area (Å²) >= 11 is 0. The highest BCUT2D eigenvalue weighted by molar-refractivity contribution is 5.91. The van der Waals surface area contributed by atoms with Gasteiger partial charge in [0.05, 0.1) is 12.2 Å². The van der Waals surface area contributed by atoms with Crippen LogP contribution in [0.5, 0.6) is 17.2 Å². The second kappa shape index (κ2) is 8.41. The van der Waals surface area contributed by atoms with Crippen molar-refractivity contribution in [2.45, 2.75) is 26.1 Å². The van der Waals surface area contributed by atoms with Crippen molar-refractivity contribution < 1.29 is 32.2 Å². The molecule has 0 spiro atoms. The number of hydrogen-bond acceptors (Lipinski definition) is 4. The van der Waals surface area contributed by atoms with E-state index in [0.29, 0.717) is 17.9 Å². The number of carbonyl (C=O) groups excluding carboxylic acids is 1. The second-order valence-electron chi connectivity index (χ2n) is 5.14. The van der Waals surface area contributed by atoms with E-state index in [4.69, 9.17) is 9.47 Å². The standard InChI is InChI=1S/C18H17F3O4/c1-2-3-12-23-14-6-4-13(5-7-14)17(22)24-15-8-10-16(11-9-15)25-18(19,20)21/h4-11H,2-3,12H2,1H3. The second-order valence-corrected chi connectivity index (χ2v) is 5.14. The first kappa shape index (κ1) is 18.6. The molecule has 0 aliphatic heterocycles. The fourth-order valence-corrected chi connectivity index (χ4v) is 1.90. The molecule has 2 aromatic rings. The van der Waals surface area contributed by atoms with Crippen molar-refractivity contribution in [1.82, 2.24) is 0 Å². The van der Waals surface area contributed by atoms with Crippen LogP contribution < -0.4 is 14.2 Å². The first-order valence-electron chi connectivity index (χ1n) is 7.68. The predicted octanol–water partition coefficient (Wildman–Crippen LogP) is 4.98. The van der Waals surface area contributed by atoms with Gasteiger partial charge in [-0.1, -0.05) is 13.3 Å². The van der Waals surface area contributed by atoms with Crippen LogP contribution in [0, 0.1) is 0 Å². The largest absolute Gasteiger partial charge is 0.573 e. The van der Waals surface area contributed by atoms with Gasteiger partial charge in [-0.25, -0.2) is 4.79 Å². The zero-order valence-corrected chi connectivity index (χ0v) is 13.5. The lowest BCUT2D eigenvalue weighted by Crippen LogP contribution is -2.17. The SMILES string of the molecule is CCCCOc1ccc(C(=O)Oc2ccc(OC(F)(F)F)cc2)cc1. The number of carbonyl (C=O) groups is 1. The van der Waals surface area contributed by atoms with Crippen molar-refractivity contribution >= 4 is 5.97 Å². The molecule has 0 aromatic heterocycles. The number of ether oxygens (including phenoxy) is 3. The van der Waals surface area contributed by atoms with Gasteiger partial charge >= 0.3 is 12.3 Å². The summed E-state index contributed by atoms with van der Waals surface area (Å²) in [6, 6.07) is 11.0. The van der Waals surface area contributed by atoms with Crippen molar-refractivity contribution in [1.29, 1.82) is 0 Å². The molecule has 0 N–H and O–H groups in total. The quantitative estimate of drug-likeness (QED) is 0.399. The molecule has 0 amide bonds. The number of hydrogen-bond donors (Lipinski definition) is 0. The van der Waals surface area contributed by atoms with Gasteiger partial charge in [0.15, 0.2) is 0 Å². The topological polar surface area (TPSA) is 44.8 Å². The number of benzene rings is 2. The number of alkyl halides is 3. The fraction of sp³-hybridized carbons (Fsp3) is 0.278. The van der Waals surface area contributed by atoms with E-state index in [9.17, 15) is 18.0 Å². The third-order valence-corrected chi connectivity index (χ3v) is 3.12. The summed E-state index contributed by atoms with van der Waals surface area (Å²) in [4.78, 5) is 12.0. The minimum atomic E-state index is -4.76. The molecular formula is C18H17F3O4. The Morgan fingerprint density at radius 1 is 0.920 bits per heavy atom. The maximum atomic E-state index is 12.1. The lowest BCUT2D eigenvalue weighted by atomic mass is 10.2. The van der Waals surface area contributed by atoms with Crippen LogP contribution >= 0.6 is 0 Å². The number of esters is 1. The van der Waals surface area contributed by atoms with Gasteiger partial charge in [0.2, 0.25) is 0 Å². The molecule has 0 saturated heterocycles. The lowest BCUT2D eigenvalue weighted by Gasteiger charge is -2.10. The third-order valence-electron chi connectivity index (χ3n) is 3.12. The predicted molar refractivity (Wildman–Crippen MR) is 84.9 cm³/mol. The summed E-state index contributed by atoms with van der Waals surface area (Å²) in [6.07, 6.45) is -2.80. The van der Waals surface area contributed by atoms with E-state index >= 15 is 0 Å². The van der Waals surface area contributed by atoms with Crippen molar-refractivity contribution in [2.24, 2.45) is 0 Å². The van der Waals surface area contributed by atoms with Gasteiger partial charge in [0.1, 0.15) is 17.2 Å². The Bertz CT molecular complexity index is 679. The molecule has 4 nitrogen and oxygen atoms in total. The highest BCUT2D eigenvalue weighted by Crippen LogP contribution is 2.25. The molecule has 2 aromatic carbocycles.